The van der Waals surface area contributed by atoms with Gasteiger partial charge in [0.15, 0.2) is 0 Å². The van der Waals surface area contributed by atoms with Crippen LogP contribution < -0.4 is 0 Å². The highest BCUT2D eigenvalue weighted by atomic mass is 32.2. The minimum absolute atomic E-state index is 0.0893. The van der Waals surface area contributed by atoms with E-state index < -0.39 is 23.9 Å². The number of phosphoric ester groups is 1. The number of aryl methyl sites for hydroxylation is 1. The zero-order valence-corrected chi connectivity index (χ0v) is 20.6. The molecule has 33 heavy (non-hydrogen) atoms. The summed E-state index contributed by atoms with van der Waals surface area (Å²) < 4.78 is 57.9. The van der Waals surface area contributed by atoms with Gasteiger partial charge in [-0.15, -0.1) is 0 Å². The summed E-state index contributed by atoms with van der Waals surface area (Å²) in [7, 11) is -7.78. The smallest absolute Gasteiger partial charge is 0.410 e. The van der Waals surface area contributed by atoms with Crippen LogP contribution in [0.4, 0.5) is 0 Å². The van der Waals surface area contributed by atoms with E-state index in [1.165, 1.54) is 10.6 Å². The predicted octanol–water partition coefficient (Wildman–Crippen LogP) is 5.81. The number of nitrogens with zero attached hydrogens (tertiary/aromatic N) is 1. The maximum atomic E-state index is 13.9. The van der Waals surface area contributed by atoms with Gasteiger partial charge in [0.1, 0.15) is 6.26 Å². The van der Waals surface area contributed by atoms with Gasteiger partial charge in [-0.25, -0.2) is 13.0 Å². The fraction of sp³-hybridized carbons (Fsp3) is 0.333. The molecular weight excluding hydrogens is 461 g/mol. The second-order valence-electron chi connectivity index (χ2n) is 7.91. The Kier molecular flexibility index (Phi) is 6.82. The Labute approximate surface area is 195 Å². The molecule has 1 aliphatic carbocycles. The standard InChI is InChI=1S/C24H28NO6PS/c1-4-29-32(26,30-5-2)31-17-21-16-20-13-12-19-8-6-7-9-23(19)24(20)25(21)33(27,28)22-14-10-18(3)11-15-22/h6-15,17,20,24H,4-5,16H2,1-3H3/b21-17+/t20-,24+/m1/s1. The van der Waals surface area contributed by atoms with Gasteiger partial charge >= 0.3 is 7.82 Å². The molecule has 176 valence electrons. The average Bonchev–Trinajstić information content (AvgIpc) is 3.18. The number of benzene rings is 2. The summed E-state index contributed by atoms with van der Waals surface area (Å²) in [5, 5.41) is 0. The maximum absolute atomic E-state index is 13.9. The van der Waals surface area contributed by atoms with Crippen LogP contribution in [0, 0.1) is 12.8 Å². The summed E-state index contributed by atoms with van der Waals surface area (Å²) in [4.78, 5) is 0.185. The van der Waals surface area contributed by atoms with Crippen LogP contribution in [-0.2, 0) is 28.2 Å². The van der Waals surface area contributed by atoms with Crippen LogP contribution >= 0.6 is 7.82 Å². The van der Waals surface area contributed by atoms with Gasteiger partial charge in [0.2, 0.25) is 0 Å². The first-order valence-corrected chi connectivity index (χ1v) is 13.8. The molecule has 0 unspecified atom stereocenters. The maximum Gasteiger partial charge on any atom is 0.529 e. The Bertz CT molecular complexity index is 1210. The van der Waals surface area contributed by atoms with E-state index in [-0.39, 0.29) is 24.0 Å². The molecule has 2 aromatic carbocycles. The first-order chi connectivity index (χ1) is 15.8. The second-order valence-corrected chi connectivity index (χ2v) is 11.3. The van der Waals surface area contributed by atoms with Crippen molar-refractivity contribution >= 4 is 23.9 Å². The summed E-state index contributed by atoms with van der Waals surface area (Å²) in [6.07, 6.45) is 5.67. The van der Waals surface area contributed by atoms with Crippen molar-refractivity contribution in [3.05, 3.63) is 83.3 Å². The highest BCUT2D eigenvalue weighted by Gasteiger charge is 2.46. The van der Waals surface area contributed by atoms with Crippen molar-refractivity contribution in [3.8, 4) is 0 Å². The first-order valence-electron chi connectivity index (χ1n) is 10.9. The lowest BCUT2D eigenvalue weighted by atomic mass is 9.86. The van der Waals surface area contributed by atoms with Crippen molar-refractivity contribution < 1.29 is 26.6 Å². The monoisotopic (exact) mass is 489 g/mol. The van der Waals surface area contributed by atoms with Crippen molar-refractivity contribution in [2.45, 2.75) is 38.1 Å². The number of fused-ring (bicyclic) bond motifs is 3. The molecule has 9 heteroatoms. The molecule has 4 rings (SSSR count). The van der Waals surface area contributed by atoms with Crippen LogP contribution in [0.5, 0.6) is 0 Å². The van der Waals surface area contributed by atoms with Crippen LogP contribution in [0.25, 0.3) is 6.08 Å². The molecule has 1 saturated heterocycles. The SMILES string of the molecule is CCOP(=O)(O/C=C1\C[C@H]2C=Cc3ccccc3[C@H]2N1S(=O)(=O)c1ccc(C)cc1)OCC. The highest BCUT2D eigenvalue weighted by Crippen LogP contribution is 2.53. The number of hydrogen-bond acceptors (Lipinski definition) is 6. The van der Waals surface area contributed by atoms with Gasteiger partial charge in [0, 0.05) is 12.3 Å². The van der Waals surface area contributed by atoms with Crippen LogP contribution in [0.1, 0.15) is 43.0 Å². The normalized spacial score (nSPS) is 21.2. The quantitative estimate of drug-likeness (QED) is 0.344. The Hall–Kier alpha value is -2.38. The van der Waals surface area contributed by atoms with Crippen molar-refractivity contribution in [2.24, 2.45) is 5.92 Å². The van der Waals surface area contributed by atoms with Gasteiger partial charge in [0.25, 0.3) is 10.0 Å². The van der Waals surface area contributed by atoms with Gasteiger partial charge < -0.3 is 4.52 Å². The molecule has 0 aromatic heterocycles. The second kappa shape index (κ2) is 9.47. The highest BCUT2D eigenvalue weighted by molar-refractivity contribution is 7.89. The summed E-state index contributed by atoms with van der Waals surface area (Å²) in [6, 6.07) is 14.1. The molecular formula is C24H28NO6PS. The van der Waals surface area contributed by atoms with Gasteiger partial charge in [-0.3, -0.25) is 13.4 Å². The molecule has 7 nitrogen and oxygen atoms in total. The van der Waals surface area contributed by atoms with E-state index >= 15 is 0 Å². The number of allylic oxidation sites excluding steroid dienone is 1. The Balaban J connectivity index is 1.80. The molecule has 0 radical (unpaired) electrons. The lowest BCUT2D eigenvalue weighted by Crippen LogP contribution is -2.32. The van der Waals surface area contributed by atoms with Crippen LogP contribution in [0.15, 0.2) is 71.5 Å². The largest absolute Gasteiger partial charge is 0.529 e. The first kappa shape index (κ1) is 23.8. The molecule has 0 amide bonds. The van der Waals surface area contributed by atoms with Crippen LogP contribution in [-0.4, -0.2) is 25.9 Å². The fourth-order valence-corrected chi connectivity index (χ4v) is 7.03. The topological polar surface area (TPSA) is 82.1 Å². The third-order valence-corrected chi connectivity index (χ3v) is 9.05. The van der Waals surface area contributed by atoms with E-state index in [1.807, 2.05) is 43.3 Å². The molecule has 1 fully saturated rings. The van der Waals surface area contributed by atoms with Gasteiger partial charge in [-0.05, 0) is 44.0 Å². The van der Waals surface area contributed by atoms with Crippen LogP contribution in [0.3, 0.4) is 0 Å². The number of hydrogen-bond donors (Lipinski definition) is 0. The molecule has 0 bridgehead atoms. The minimum Gasteiger partial charge on any atom is -0.410 e. The van der Waals surface area contributed by atoms with Gasteiger partial charge in [0.05, 0.1) is 29.8 Å². The molecule has 0 spiro atoms. The van der Waals surface area contributed by atoms with Gasteiger partial charge in [-0.2, -0.15) is 0 Å². The van der Waals surface area contributed by atoms with Crippen LogP contribution in [0.2, 0.25) is 0 Å². The molecule has 1 aliphatic heterocycles. The lowest BCUT2D eigenvalue weighted by Gasteiger charge is -2.32. The minimum atomic E-state index is -3.93. The van der Waals surface area contributed by atoms with E-state index in [9.17, 15) is 13.0 Å². The fourth-order valence-electron chi connectivity index (χ4n) is 4.25. The van der Waals surface area contributed by atoms with E-state index in [4.69, 9.17) is 13.6 Å². The van der Waals surface area contributed by atoms with E-state index in [0.717, 1.165) is 16.7 Å². The summed E-state index contributed by atoms with van der Waals surface area (Å²) in [6.45, 7) is 5.54. The molecule has 2 aromatic rings. The third kappa shape index (κ3) is 4.66. The number of phosphoric acid groups is 1. The van der Waals surface area contributed by atoms with E-state index in [0.29, 0.717) is 12.1 Å². The molecule has 2 atom stereocenters. The zero-order chi connectivity index (χ0) is 23.6. The van der Waals surface area contributed by atoms with Crippen molar-refractivity contribution in [3.63, 3.8) is 0 Å². The average molecular weight is 490 g/mol. The Morgan fingerprint density at radius 3 is 2.39 bits per heavy atom. The molecule has 2 aliphatic rings. The molecule has 1 heterocycles. The summed E-state index contributed by atoms with van der Waals surface area (Å²) in [5.41, 5.74) is 3.25. The summed E-state index contributed by atoms with van der Waals surface area (Å²) in [5.74, 6) is -0.0893. The summed E-state index contributed by atoms with van der Waals surface area (Å²) >= 11 is 0. The predicted molar refractivity (Wildman–Crippen MR) is 127 cm³/mol. The van der Waals surface area contributed by atoms with Gasteiger partial charge in [-0.1, -0.05) is 54.1 Å². The zero-order valence-electron chi connectivity index (χ0n) is 18.9. The number of sulfonamides is 1. The van der Waals surface area contributed by atoms with Crippen molar-refractivity contribution in [1.82, 2.24) is 4.31 Å². The Morgan fingerprint density at radius 2 is 1.73 bits per heavy atom. The van der Waals surface area contributed by atoms with Crippen molar-refractivity contribution in [1.29, 1.82) is 0 Å². The van der Waals surface area contributed by atoms with E-state index in [2.05, 4.69) is 0 Å². The Morgan fingerprint density at radius 1 is 1.06 bits per heavy atom. The van der Waals surface area contributed by atoms with E-state index in [1.54, 1.807) is 38.1 Å². The molecule has 0 saturated carbocycles. The van der Waals surface area contributed by atoms with Crippen molar-refractivity contribution in [2.75, 3.05) is 13.2 Å². The molecule has 0 N–H and O–H groups in total. The third-order valence-electron chi connectivity index (χ3n) is 5.69. The number of rotatable bonds is 8. The lowest BCUT2D eigenvalue weighted by molar-refractivity contribution is 0.152.